The van der Waals surface area contributed by atoms with Crippen molar-refractivity contribution < 1.29 is 13.9 Å². The van der Waals surface area contributed by atoms with Crippen molar-refractivity contribution in [2.75, 3.05) is 53.6 Å². The highest BCUT2D eigenvalue weighted by Crippen LogP contribution is 2.18. The van der Waals surface area contributed by atoms with Gasteiger partial charge in [-0.1, -0.05) is 6.07 Å². The number of aryl methyl sites for hydroxylation is 1. The maximum absolute atomic E-state index is 14.1. The van der Waals surface area contributed by atoms with Crippen molar-refractivity contribution >= 4 is 29.9 Å². The molecule has 9 nitrogen and oxygen atoms in total. The number of guanidine groups is 1. The molecule has 1 aliphatic rings. The maximum atomic E-state index is 14.1. The molecular formula is C22H35FIN7O2. The third kappa shape index (κ3) is 8.07. The quantitative estimate of drug-likeness (QED) is 0.213. The first-order chi connectivity index (χ1) is 15.5. The predicted octanol–water partition coefficient (Wildman–Crippen LogP) is 2.19. The SMILES string of the molecule is COc1ccc(CN(C)C(=NCc2nnc(C)n2C)NCCCN2CCOCC2)cc1F.I. The van der Waals surface area contributed by atoms with Crippen LogP contribution >= 0.6 is 24.0 Å². The molecule has 33 heavy (non-hydrogen) atoms. The Morgan fingerprint density at radius 2 is 2.06 bits per heavy atom. The molecule has 1 aromatic carbocycles. The van der Waals surface area contributed by atoms with Crippen LogP contribution in [0.4, 0.5) is 4.39 Å². The predicted molar refractivity (Wildman–Crippen MR) is 137 cm³/mol. The summed E-state index contributed by atoms with van der Waals surface area (Å²) in [6.07, 6.45) is 0.993. The van der Waals surface area contributed by atoms with E-state index in [0.29, 0.717) is 13.1 Å². The van der Waals surface area contributed by atoms with Crippen LogP contribution in [0.1, 0.15) is 23.6 Å². The molecule has 0 spiro atoms. The lowest BCUT2D eigenvalue weighted by molar-refractivity contribution is 0.0375. The Bertz CT molecular complexity index is 903. The van der Waals surface area contributed by atoms with Crippen molar-refractivity contribution in [2.45, 2.75) is 26.4 Å². The highest BCUT2D eigenvalue weighted by atomic mass is 127. The highest BCUT2D eigenvalue weighted by Gasteiger charge is 2.13. The zero-order valence-electron chi connectivity index (χ0n) is 19.9. The molecule has 0 amide bonds. The topological polar surface area (TPSA) is 80.0 Å². The van der Waals surface area contributed by atoms with E-state index in [2.05, 4.69) is 20.4 Å². The Morgan fingerprint density at radius 3 is 2.70 bits per heavy atom. The van der Waals surface area contributed by atoms with Gasteiger partial charge in [-0.2, -0.15) is 0 Å². The Balaban J connectivity index is 0.00000385. The molecule has 0 aliphatic carbocycles. The number of hydrogen-bond donors (Lipinski definition) is 1. The van der Waals surface area contributed by atoms with Crippen molar-refractivity contribution in [3.63, 3.8) is 0 Å². The van der Waals surface area contributed by atoms with E-state index in [1.54, 1.807) is 6.07 Å². The van der Waals surface area contributed by atoms with E-state index in [1.165, 1.54) is 13.2 Å². The molecule has 0 atom stereocenters. The van der Waals surface area contributed by atoms with Crippen LogP contribution in [0.2, 0.25) is 0 Å². The number of nitrogens with one attached hydrogen (secondary N) is 1. The summed E-state index contributed by atoms with van der Waals surface area (Å²) in [7, 11) is 5.33. The van der Waals surface area contributed by atoms with E-state index in [-0.39, 0.29) is 35.5 Å². The Labute approximate surface area is 212 Å². The van der Waals surface area contributed by atoms with Gasteiger partial charge in [-0.25, -0.2) is 9.38 Å². The Kier molecular flexibility index (Phi) is 11.3. The van der Waals surface area contributed by atoms with Crippen LogP contribution in [0.5, 0.6) is 5.75 Å². The number of benzene rings is 1. The molecule has 0 unspecified atom stereocenters. The minimum atomic E-state index is -0.370. The standard InChI is InChI=1S/C22H34FN7O2.HI/c1-17-26-27-21(29(17)3)15-25-22(24-8-5-9-30-10-12-32-13-11-30)28(2)16-18-6-7-20(31-4)19(23)14-18;/h6-7,14H,5,8-13,15-16H2,1-4H3,(H,24,25);1H. The summed E-state index contributed by atoms with van der Waals surface area (Å²) < 4.78 is 26.5. The number of aliphatic imine (C=N–C) groups is 1. The first-order valence-electron chi connectivity index (χ1n) is 10.9. The van der Waals surface area contributed by atoms with Crippen molar-refractivity contribution in [1.29, 1.82) is 0 Å². The van der Waals surface area contributed by atoms with E-state index in [9.17, 15) is 4.39 Å². The Hall–Kier alpha value is -1.99. The van der Waals surface area contributed by atoms with E-state index in [0.717, 1.165) is 69.0 Å². The molecule has 0 saturated carbocycles. The summed E-state index contributed by atoms with van der Waals surface area (Å²) in [5, 5.41) is 11.8. The fourth-order valence-electron chi connectivity index (χ4n) is 3.53. The number of aromatic nitrogens is 3. The molecule has 184 valence electrons. The molecule has 1 aromatic heterocycles. The minimum Gasteiger partial charge on any atom is -0.494 e. The number of ether oxygens (including phenoxy) is 2. The molecule has 11 heteroatoms. The third-order valence-electron chi connectivity index (χ3n) is 5.59. The van der Waals surface area contributed by atoms with Crippen LogP contribution in [0, 0.1) is 12.7 Å². The molecule has 1 fully saturated rings. The number of morpholine rings is 1. The number of methoxy groups -OCH3 is 1. The van der Waals surface area contributed by atoms with Crippen LogP contribution in [0.15, 0.2) is 23.2 Å². The van der Waals surface area contributed by atoms with Gasteiger partial charge < -0.3 is 24.3 Å². The van der Waals surface area contributed by atoms with Gasteiger partial charge in [0.2, 0.25) is 0 Å². The lowest BCUT2D eigenvalue weighted by Gasteiger charge is -2.27. The van der Waals surface area contributed by atoms with Crippen molar-refractivity contribution in [1.82, 2.24) is 29.9 Å². The largest absolute Gasteiger partial charge is 0.494 e. The zero-order chi connectivity index (χ0) is 22.9. The lowest BCUT2D eigenvalue weighted by atomic mass is 10.2. The van der Waals surface area contributed by atoms with Gasteiger partial charge in [-0.15, -0.1) is 34.2 Å². The number of halogens is 2. The van der Waals surface area contributed by atoms with Crippen molar-refractivity contribution in [2.24, 2.45) is 12.0 Å². The van der Waals surface area contributed by atoms with Crippen LogP contribution in [-0.2, 0) is 24.9 Å². The molecule has 1 saturated heterocycles. The van der Waals surface area contributed by atoms with Gasteiger partial charge in [0.1, 0.15) is 12.4 Å². The van der Waals surface area contributed by atoms with Gasteiger partial charge in [-0.05, 0) is 37.6 Å². The third-order valence-corrected chi connectivity index (χ3v) is 5.59. The average Bonchev–Trinajstić information content (AvgIpc) is 3.11. The molecule has 2 heterocycles. The van der Waals surface area contributed by atoms with Crippen molar-refractivity contribution in [3.8, 4) is 5.75 Å². The molecule has 0 bridgehead atoms. The van der Waals surface area contributed by atoms with Crippen LogP contribution in [0.3, 0.4) is 0 Å². The molecule has 1 aliphatic heterocycles. The first-order valence-corrected chi connectivity index (χ1v) is 10.9. The number of nitrogens with zero attached hydrogens (tertiary/aromatic N) is 6. The number of hydrogen-bond acceptors (Lipinski definition) is 6. The molecular weight excluding hydrogens is 540 g/mol. The van der Waals surface area contributed by atoms with Crippen LogP contribution in [-0.4, -0.2) is 84.1 Å². The van der Waals surface area contributed by atoms with E-state index >= 15 is 0 Å². The normalized spacial score (nSPS) is 14.6. The van der Waals surface area contributed by atoms with Gasteiger partial charge >= 0.3 is 0 Å². The minimum absolute atomic E-state index is 0. The van der Waals surface area contributed by atoms with Gasteiger partial charge in [0.05, 0.1) is 20.3 Å². The second kappa shape index (κ2) is 13.7. The molecule has 0 radical (unpaired) electrons. The summed E-state index contributed by atoms with van der Waals surface area (Å²) in [4.78, 5) is 9.16. The fourth-order valence-corrected chi connectivity index (χ4v) is 3.53. The smallest absolute Gasteiger partial charge is 0.194 e. The van der Waals surface area contributed by atoms with Gasteiger partial charge in [0.25, 0.3) is 0 Å². The van der Waals surface area contributed by atoms with E-state index in [1.807, 2.05) is 36.6 Å². The number of rotatable bonds is 9. The maximum Gasteiger partial charge on any atom is 0.194 e. The summed E-state index contributed by atoms with van der Waals surface area (Å²) in [6, 6.07) is 5.01. The fraction of sp³-hybridized carbons (Fsp3) is 0.591. The second-order valence-electron chi connectivity index (χ2n) is 7.92. The van der Waals surface area contributed by atoms with Gasteiger partial charge in [0, 0.05) is 40.3 Å². The summed E-state index contributed by atoms with van der Waals surface area (Å²) in [5.41, 5.74) is 0.836. The average molecular weight is 575 g/mol. The van der Waals surface area contributed by atoms with Gasteiger partial charge in [-0.3, -0.25) is 4.90 Å². The highest BCUT2D eigenvalue weighted by molar-refractivity contribution is 14.0. The van der Waals surface area contributed by atoms with Crippen molar-refractivity contribution in [3.05, 3.63) is 41.2 Å². The van der Waals surface area contributed by atoms with Gasteiger partial charge in [0.15, 0.2) is 23.4 Å². The van der Waals surface area contributed by atoms with E-state index in [4.69, 9.17) is 14.5 Å². The summed E-state index contributed by atoms with van der Waals surface area (Å²) in [5.74, 6) is 2.24. The second-order valence-corrected chi connectivity index (χ2v) is 7.92. The monoisotopic (exact) mass is 575 g/mol. The van der Waals surface area contributed by atoms with Crippen LogP contribution < -0.4 is 10.1 Å². The Morgan fingerprint density at radius 1 is 1.30 bits per heavy atom. The zero-order valence-corrected chi connectivity index (χ0v) is 22.2. The molecule has 3 rings (SSSR count). The summed E-state index contributed by atoms with van der Waals surface area (Å²) >= 11 is 0. The first kappa shape index (κ1) is 27.3. The molecule has 1 N–H and O–H groups in total. The van der Waals surface area contributed by atoms with E-state index < -0.39 is 0 Å². The van der Waals surface area contributed by atoms with Crippen LogP contribution in [0.25, 0.3) is 0 Å². The molecule has 2 aromatic rings. The lowest BCUT2D eigenvalue weighted by Crippen LogP contribution is -2.41. The summed E-state index contributed by atoms with van der Waals surface area (Å²) in [6.45, 7) is 8.20.